The molecule has 0 fully saturated rings. The van der Waals surface area contributed by atoms with Crippen LogP contribution in [0.15, 0.2) is 49.6 Å². The average molecular weight is 455 g/mol. The second-order valence-corrected chi connectivity index (χ2v) is 6.40. The third-order valence-corrected chi connectivity index (χ3v) is 4.93. The zero-order chi connectivity index (χ0) is 16.8. The van der Waals surface area contributed by atoms with Crippen LogP contribution in [0.3, 0.4) is 0 Å². The fourth-order valence-corrected chi connectivity index (χ4v) is 3.03. The first-order valence-corrected chi connectivity index (χ1v) is 8.76. The number of hydrogen-bond acceptors (Lipinski definition) is 5. The molecule has 0 saturated carbocycles. The van der Waals surface area contributed by atoms with E-state index in [1.54, 1.807) is 6.08 Å². The Labute approximate surface area is 157 Å². The molecule has 4 nitrogen and oxygen atoms in total. The molecule has 0 radical (unpaired) electrons. The van der Waals surface area contributed by atoms with Crippen molar-refractivity contribution in [3.63, 3.8) is 0 Å². The van der Waals surface area contributed by atoms with E-state index in [2.05, 4.69) is 26.0 Å². The van der Waals surface area contributed by atoms with Gasteiger partial charge < -0.3 is 0 Å². The Morgan fingerprint density at radius 2 is 2.17 bits per heavy atom. The quantitative estimate of drug-likeness (QED) is 0.444. The van der Waals surface area contributed by atoms with Gasteiger partial charge in [0, 0.05) is 21.7 Å². The summed E-state index contributed by atoms with van der Waals surface area (Å²) in [5, 5.41) is 12.8. The van der Waals surface area contributed by atoms with Crippen LogP contribution in [0.1, 0.15) is 17.8 Å². The molecule has 0 aliphatic rings. The molecule has 0 saturated heterocycles. The highest BCUT2D eigenvalue weighted by atomic mass is 127. The lowest BCUT2D eigenvalue weighted by Gasteiger charge is -2.06. The lowest BCUT2D eigenvalue weighted by molar-refractivity contribution is 0.968. The van der Waals surface area contributed by atoms with E-state index < -0.39 is 5.92 Å². The van der Waals surface area contributed by atoms with Crippen molar-refractivity contribution in [2.45, 2.75) is 12.8 Å². The maximum Gasteiger partial charge on any atom is 0.140 e. The van der Waals surface area contributed by atoms with E-state index in [9.17, 15) is 5.26 Å². The van der Waals surface area contributed by atoms with E-state index in [4.69, 9.17) is 11.6 Å². The number of halogens is 2. The topological polar surface area (TPSA) is 61.4 Å². The number of allylic oxidation sites excluding steroid dienone is 2. The third-order valence-electron chi connectivity index (χ3n) is 3.01. The van der Waals surface area contributed by atoms with Crippen LogP contribution in [0.5, 0.6) is 0 Å². The SMILES string of the molecule is C=N/C(=C\C(C)=NI)C(C#N)c1nc(-c2ccc(Cl)cc2)cs1. The summed E-state index contributed by atoms with van der Waals surface area (Å²) in [5.41, 5.74) is 3.07. The molecule has 23 heavy (non-hydrogen) atoms. The van der Waals surface area contributed by atoms with Gasteiger partial charge >= 0.3 is 0 Å². The van der Waals surface area contributed by atoms with Crippen LogP contribution in [0.2, 0.25) is 5.02 Å². The molecular formula is C16H12ClIN4S. The Hall–Kier alpha value is -1.56. The van der Waals surface area contributed by atoms with Gasteiger partial charge in [0.1, 0.15) is 10.9 Å². The maximum absolute atomic E-state index is 9.51. The molecule has 1 aromatic carbocycles. The van der Waals surface area contributed by atoms with E-state index in [1.807, 2.05) is 59.4 Å². The maximum atomic E-state index is 9.51. The van der Waals surface area contributed by atoms with Gasteiger partial charge in [-0.3, -0.25) is 4.99 Å². The lowest BCUT2D eigenvalue weighted by Crippen LogP contribution is -2.00. The number of nitriles is 1. The summed E-state index contributed by atoms with van der Waals surface area (Å²) in [4.78, 5) is 8.54. The van der Waals surface area contributed by atoms with Crippen LogP contribution < -0.4 is 0 Å². The number of hydrogen-bond donors (Lipinski definition) is 0. The van der Waals surface area contributed by atoms with Gasteiger partial charge in [-0.2, -0.15) is 5.26 Å². The Morgan fingerprint density at radius 3 is 2.74 bits per heavy atom. The molecule has 2 aromatic rings. The van der Waals surface area contributed by atoms with Gasteiger partial charge in [0.15, 0.2) is 0 Å². The Kier molecular flexibility index (Phi) is 6.45. The van der Waals surface area contributed by atoms with Gasteiger partial charge in [-0.25, -0.2) is 8.19 Å². The van der Waals surface area contributed by atoms with E-state index in [0.29, 0.717) is 15.7 Å². The molecule has 0 spiro atoms. The summed E-state index contributed by atoms with van der Waals surface area (Å²) in [7, 11) is 0. The van der Waals surface area contributed by atoms with Crippen molar-refractivity contribution in [3.8, 4) is 17.3 Å². The summed E-state index contributed by atoms with van der Waals surface area (Å²) >= 11 is 9.23. The molecule has 0 aliphatic heterocycles. The summed E-state index contributed by atoms with van der Waals surface area (Å²) in [6.07, 6.45) is 1.75. The molecule has 0 aliphatic carbocycles. The van der Waals surface area contributed by atoms with Gasteiger partial charge in [0.25, 0.3) is 0 Å². The van der Waals surface area contributed by atoms with Crippen LogP contribution in [-0.2, 0) is 0 Å². The van der Waals surface area contributed by atoms with Crippen LogP contribution >= 0.6 is 45.8 Å². The minimum absolute atomic E-state index is 0.544. The predicted molar refractivity (Wildman–Crippen MR) is 106 cm³/mol. The zero-order valence-corrected chi connectivity index (χ0v) is 15.9. The second kappa shape index (κ2) is 8.34. The molecule has 116 valence electrons. The fraction of sp³-hybridized carbons (Fsp3) is 0.125. The van der Waals surface area contributed by atoms with E-state index >= 15 is 0 Å². The predicted octanol–water partition coefficient (Wildman–Crippen LogP) is 5.47. The van der Waals surface area contributed by atoms with Crippen molar-refractivity contribution in [1.82, 2.24) is 4.98 Å². The standard InChI is InChI=1S/C16H12ClIN4S/c1-10(22-18)7-14(20-2)13(8-19)16-21-15(9-23-16)11-3-5-12(17)6-4-11/h3-7,9,13H,2H2,1H3/b14-7-,22-10?. The summed E-state index contributed by atoms with van der Waals surface area (Å²) in [6, 6.07) is 9.67. The van der Waals surface area contributed by atoms with E-state index in [1.165, 1.54) is 11.3 Å². The van der Waals surface area contributed by atoms with Crippen molar-refractivity contribution in [2.75, 3.05) is 0 Å². The molecule has 0 bridgehead atoms. The van der Waals surface area contributed by atoms with Crippen molar-refractivity contribution in [1.29, 1.82) is 5.26 Å². The van der Waals surface area contributed by atoms with Gasteiger partial charge in [-0.1, -0.05) is 23.7 Å². The van der Waals surface area contributed by atoms with Crippen LogP contribution in [-0.4, -0.2) is 17.4 Å². The van der Waals surface area contributed by atoms with Crippen LogP contribution in [0.25, 0.3) is 11.3 Å². The molecule has 1 heterocycles. The summed E-state index contributed by atoms with van der Waals surface area (Å²) < 4.78 is 4.03. The summed E-state index contributed by atoms with van der Waals surface area (Å²) in [6.45, 7) is 5.39. The van der Waals surface area contributed by atoms with Gasteiger partial charge in [0.05, 0.1) is 40.3 Å². The van der Waals surface area contributed by atoms with Crippen molar-refractivity contribution in [2.24, 2.45) is 8.20 Å². The minimum atomic E-state index is -0.563. The molecule has 0 amide bonds. The summed E-state index contributed by atoms with van der Waals surface area (Å²) in [5.74, 6) is -0.563. The number of rotatable bonds is 5. The lowest BCUT2D eigenvalue weighted by atomic mass is 10.1. The van der Waals surface area contributed by atoms with Crippen LogP contribution in [0.4, 0.5) is 0 Å². The van der Waals surface area contributed by atoms with E-state index in [-0.39, 0.29) is 0 Å². The van der Waals surface area contributed by atoms with Gasteiger partial charge in [0.2, 0.25) is 0 Å². The van der Waals surface area contributed by atoms with Gasteiger partial charge in [-0.05, 0) is 31.9 Å². The first kappa shape index (κ1) is 17.8. The van der Waals surface area contributed by atoms with Gasteiger partial charge in [-0.15, -0.1) is 11.3 Å². The van der Waals surface area contributed by atoms with E-state index in [0.717, 1.165) is 17.0 Å². The molecule has 0 N–H and O–H groups in total. The smallest absolute Gasteiger partial charge is 0.140 e. The van der Waals surface area contributed by atoms with Crippen molar-refractivity contribution >= 4 is 58.2 Å². The fourth-order valence-electron chi connectivity index (χ4n) is 1.88. The first-order chi connectivity index (χ1) is 11.1. The van der Waals surface area contributed by atoms with Crippen molar-refractivity contribution in [3.05, 3.63) is 51.4 Å². The molecule has 1 atom stereocenters. The number of aliphatic imine (C=N–C) groups is 1. The monoisotopic (exact) mass is 454 g/mol. The number of thiazole rings is 1. The normalized spacial score (nSPS) is 13.5. The third kappa shape index (κ3) is 4.47. The van der Waals surface area contributed by atoms with Crippen molar-refractivity contribution < 1.29 is 0 Å². The second-order valence-electron chi connectivity index (χ2n) is 4.59. The Morgan fingerprint density at radius 1 is 1.48 bits per heavy atom. The van der Waals surface area contributed by atoms with Crippen LogP contribution in [0, 0.1) is 11.3 Å². The average Bonchev–Trinajstić information content (AvgIpc) is 3.04. The highest BCUT2D eigenvalue weighted by Crippen LogP contribution is 2.31. The Bertz CT molecular complexity index is 802. The number of nitrogens with zero attached hydrogens (tertiary/aromatic N) is 4. The zero-order valence-electron chi connectivity index (χ0n) is 12.2. The largest absolute Gasteiger partial charge is 0.267 e. The molecule has 1 aromatic heterocycles. The minimum Gasteiger partial charge on any atom is -0.267 e. The first-order valence-electron chi connectivity index (χ1n) is 6.54. The number of benzene rings is 1. The Balaban J connectivity index is 2.37. The highest BCUT2D eigenvalue weighted by Gasteiger charge is 2.20. The molecule has 1 unspecified atom stereocenters. The molecule has 2 rings (SSSR count). The highest BCUT2D eigenvalue weighted by molar-refractivity contribution is 14.1. The molecular weight excluding hydrogens is 443 g/mol. The molecule has 7 heteroatoms. The number of aromatic nitrogens is 1.